The first-order chi connectivity index (χ1) is 11.2. The zero-order valence-electron chi connectivity index (χ0n) is 12.5. The fourth-order valence-corrected chi connectivity index (χ4v) is 2.08. The lowest BCUT2D eigenvalue weighted by Crippen LogP contribution is -2.14. The third kappa shape index (κ3) is 4.31. The van der Waals surface area contributed by atoms with Gasteiger partial charge in [0.1, 0.15) is 5.56 Å². The summed E-state index contributed by atoms with van der Waals surface area (Å²) >= 11 is 0. The van der Waals surface area contributed by atoms with Crippen molar-refractivity contribution in [1.82, 2.24) is 9.78 Å². The molecule has 2 aromatic rings. The highest BCUT2D eigenvalue weighted by Crippen LogP contribution is 2.37. The molecule has 24 heavy (non-hydrogen) atoms. The minimum Gasteiger partial charge on any atom is -0.326 e. The van der Waals surface area contributed by atoms with Crippen molar-refractivity contribution in [2.75, 3.05) is 5.32 Å². The Kier molecular flexibility index (Phi) is 4.86. The van der Waals surface area contributed by atoms with E-state index in [1.54, 1.807) is 24.1 Å². The molecular weight excluding hydrogens is 329 g/mol. The Morgan fingerprint density at radius 1 is 1.42 bits per heavy atom. The Labute approximate surface area is 134 Å². The molecule has 1 aromatic carbocycles. The molecule has 0 aliphatic carbocycles. The maximum Gasteiger partial charge on any atom is 0.423 e. The van der Waals surface area contributed by atoms with Crippen LogP contribution in [0.2, 0.25) is 0 Å². The molecule has 7 nitrogen and oxygen atoms in total. The number of amides is 1. The second kappa shape index (κ2) is 6.69. The molecule has 0 aliphatic heterocycles. The summed E-state index contributed by atoms with van der Waals surface area (Å²) in [5.41, 5.74) is -1.80. The van der Waals surface area contributed by atoms with Crippen LogP contribution in [0.4, 0.5) is 24.5 Å². The van der Waals surface area contributed by atoms with Crippen LogP contribution in [0.5, 0.6) is 0 Å². The molecule has 1 aromatic heterocycles. The van der Waals surface area contributed by atoms with Gasteiger partial charge in [-0.25, -0.2) is 0 Å². The van der Waals surface area contributed by atoms with Crippen molar-refractivity contribution in [1.29, 1.82) is 0 Å². The first-order valence-corrected chi connectivity index (χ1v) is 6.80. The first kappa shape index (κ1) is 17.4. The van der Waals surface area contributed by atoms with E-state index in [-0.39, 0.29) is 12.1 Å². The molecule has 128 valence electrons. The number of nitrogens with one attached hydrogen (secondary N) is 1. The van der Waals surface area contributed by atoms with E-state index in [9.17, 15) is 28.1 Å². The maximum absolute atomic E-state index is 12.9. The molecule has 1 N–H and O–H groups in total. The number of aryl methyl sites for hydroxylation is 2. The monoisotopic (exact) mass is 342 g/mol. The minimum absolute atomic E-state index is 0.0457. The Morgan fingerprint density at radius 2 is 2.12 bits per heavy atom. The van der Waals surface area contributed by atoms with Crippen LogP contribution >= 0.6 is 0 Å². The van der Waals surface area contributed by atoms with E-state index >= 15 is 0 Å². The van der Waals surface area contributed by atoms with Crippen molar-refractivity contribution in [3.63, 3.8) is 0 Å². The van der Waals surface area contributed by atoms with Crippen molar-refractivity contribution >= 4 is 17.3 Å². The second-order valence-electron chi connectivity index (χ2n) is 5.06. The highest BCUT2D eigenvalue weighted by molar-refractivity contribution is 5.91. The summed E-state index contributed by atoms with van der Waals surface area (Å²) in [4.78, 5) is 21.4. The minimum atomic E-state index is -4.89. The largest absolute Gasteiger partial charge is 0.423 e. The SMILES string of the molecule is Cn1cc(CCC(=O)Nc2ccc([N+](=O)[O-])c(C(F)(F)F)c2)cn1. The van der Waals surface area contributed by atoms with Crippen LogP contribution in [0.25, 0.3) is 0 Å². The molecule has 0 bridgehead atoms. The Hall–Kier alpha value is -2.91. The normalized spacial score (nSPS) is 11.3. The van der Waals surface area contributed by atoms with Gasteiger partial charge in [0.05, 0.1) is 11.1 Å². The highest BCUT2D eigenvalue weighted by Gasteiger charge is 2.38. The average Bonchev–Trinajstić information content (AvgIpc) is 2.89. The molecule has 0 atom stereocenters. The van der Waals surface area contributed by atoms with Crippen LogP contribution < -0.4 is 5.32 Å². The lowest BCUT2D eigenvalue weighted by molar-refractivity contribution is -0.388. The predicted octanol–water partition coefficient (Wildman–Crippen LogP) is 2.92. The number of halogens is 3. The number of benzene rings is 1. The van der Waals surface area contributed by atoms with Crippen molar-refractivity contribution in [3.8, 4) is 0 Å². The van der Waals surface area contributed by atoms with Crippen LogP contribution in [0.3, 0.4) is 0 Å². The van der Waals surface area contributed by atoms with Gasteiger partial charge in [-0.3, -0.25) is 19.6 Å². The Bertz CT molecular complexity index is 771. The van der Waals surface area contributed by atoms with Crippen molar-refractivity contribution < 1.29 is 22.9 Å². The van der Waals surface area contributed by atoms with Gasteiger partial charge in [0.25, 0.3) is 5.69 Å². The number of hydrogen-bond acceptors (Lipinski definition) is 4. The molecule has 0 spiro atoms. The van der Waals surface area contributed by atoms with E-state index in [1.165, 1.54) is 0 Å². The highest BCUT2D eigenvalue weighted by atomic mass is 19.4. The topological polar surface area (TPSA) is 90.1 Å². The van der Waals surface area contributed by atoms with Crippen LogP contribution in [-0.4, -0.2) is 20.6 Å². The van der Waals surface area contributed by atoms with Crippen molar-refractivity contribution in [2.24, 2.45) is 7.05 Å². The number of rotatable bonds is 5. The summed E-state index contributed by atoms with van der Waals surface area (Å²) in [7, 11) is 1.72. The van der Waals surface area contributed by atoms with Gasteiger partial charge in [-0.1, -0.05) is 0 Å². The van der Waals surface area contributed by atoms with Crippen molar-refractivity contribution in [3.05, 3.63) is 51.8 Å². The molecule has 1 amide bonds. The number of nitro benzene ring substituents is 1. The lowest BCUT2D eigenvalue weighted by atomic mass is 10.1. The van der Waals surface area contributed by atoms with Gasteiger partial charge >= 0.3 is 6.18 Å². The van der Waals surface area contributed by atoms with Crippen LogP contribution in [0.15, 0.2) is 30.6 Å². The third-order valence-electron chi connectivity index (χ3n) is 3.18. The quantitative estimate of drug-likeness (QED) is 0.668. The Morgan fingerprint density at radius 3 is 2.67 bits per heavy atom. The van der Waals surface area contributed by atoms with Gasteiger partial charge in [0.15, 0.2) is 0 Å². The zero-order chi connectivity index (χ0) is 17.9. The first-order valence-electron chi connectivity index (χ1n) is 6.80. The van der Waals surface area contributed by atoms with E-state index in [4.69, 9.17) is 0 Å². The number of nitrogens with zero attached hydrogens (tertiary/aromatic N) is 3. The number of hydrogen-bond donors (Lipinski definition) is 1. The van der Waals surface area contributed by atoms with Gasteiger partial charge in [-0.15, -0.1) is 0 Å². The zero-order valence-corrected chi connectivity index (χ0v) is 12.5. The number of nitro groups is 1. The molecule has 0 fully saturated rings. The molecule has 2 rings (SSSR count). The molecule has 0 saturated carbocycles. The second-order valence-corrected chi connectivity index (χ2v) is 5.06. The molecule has 0 saturated heterocycles. The van der Waals surface area contributed by atoms with E-state index in [1.807, 2.05) is 0 Å². The number of aromatic nitrogens is 2. The van der Waals surface area contributed by atoms with Crippen LogP contribution in [0.1, 0.15) is 17.5 Å². The summed E-state index contributed by atoms with van der Waals surface area (Å²) in [6.45, 7) is 0. The Balaban J connectivity index is 2.09. The van der Waals surface area contributed by atoms with Gasteiger partial charge in [-0.2, -0.15) is 18.3 Å². The van der Waals surface area contributed by atoms with Crippen LogP contribution in [0, 0.1) is 10.1 Å². The molecule has 1 heterocycles. The van der Waals surface area contributed by atoms with Gasteiger partial charge in [0, 0.05) is 31.4 Å². The molecular formula is C14H13F3N4O3. The van der Waals surface area contributed by atoms with Gasteiger partial charge in [-0.05, 0) is 24.1 Å². The van der Waals surface area contributed by atoms with E-state index in [2.05, 4.69) is 10.4 Å². The number of anilines is 1. The van der Waals surface area contributed by atoms with Crippen LogP contribution in [-0.2, 0) is 24.4 Å². The van der Waals surface area contributed by atoms with Gasteiger partial charge in [0.2, 0.25) is 5.91 Å². The molecule has 0 radical (unpaired) electrons. The van der Waals surface area contributed by atoms with E-state index < -0.39 is 28.3 Å². The average molecular weight is 342 g/mol. The van der Waals surface area contributed by atoms with Crippen molar-refractivity contribution in [2.45, 2.75) is 19.0 Å². The smallest absolute Gasteiger partial charge is 0.326 e. The number of carbonyl (C=O) groups excluding carboxylic acids is 1. The predicted molar refractivity (Wildman–Crippen MR) is 78.3 cm³/mol. The molecule has 10 heteroatoms. The number of carbonyl (C=O) groups is 1. The van der Waals surface area contributed by atoms with E-state index in [0.29, 0.717) is 12.5 Å². The molecule has 0 unspecified atom stereocenters. The summed E-state index contributed by atoms with van der Waals surface area (Å²) in [6, 6.07) is 2.34. The number of alkyl halides is 3. The summed E-state index contributed by atoms with van der Waals surface area (Å²) < 4.78 is 40.2. The van der Waals surface area contributed by atoms with Gasteiger partial charge < -0.3 is 5.32 Å². The fraction of sp³-hybridized carbons (Fsp3) is 0.286. The summed E-state index contributed by atoms with van der Waals surface area (Å²) in [6.07, 6.45) is -1.16. The molecule has 0 aliphatic rings. The van der Waals surface area contributed by atoms with E-state index in [0.717, 1.165) is 17.7 Å². The maximum atomic E-state index is 12.9. The lowest BCUT2D eigenvalue weighted by Gasteiger charge is -2.10. The third-order valence-corrected chi connectivity index (χ3v) is 3.18. The summed E-state index contributed by atoms with van der Waals surface area (Å²) in [5.74, 6) is -0.499. The summed E-state index contributed by atoms with van der Waals surface area (Å²) in [5, 5.41) is 16.9. The fourth-order valence-electron chi connectivity index (χ4n) is 2.08. The standard InChI is InChI=1S/C14H13F3N4O3/c1-20-8-9(7-18-20)2-5-13(22)19-10-3-4-12(21(23)24)11(6-10)14(15,16)17/h3-4,6-8H,2,5H2,1H3,(H,19,22).